The maximum atomic E-state index is 13.9. The van der Waals surface area contributed by atoms with Gasteiger partial charge in [-0.1, -0.05) is 42.8 Å². The molecule has 6 rings (SSSR count). The Morgan fingerprint density at radius 2 is 1.71 bits per heavy atom. The average Bonchev–Trinajstić information content (AvgIpc) is 3.20. The Labute approximate surface area is 213 Å². The Morgan fingerprint density at radius 1 is 1.09 bits per heavy atom. The van der Waals surface area contributed by atoms with Crippen molar-refractivity contribution < 1.29 is 13.6 Å². The quantitative estimate of drug-likeness (QED) is 0.356. The number of nitrogens with one attached hydrogen (secondary N) is 1. The van der Waals surface area contributed by atoms with E-state index in [0.29, 0.717) is 22.4 Å². The van der Waals surface area contributed by atoms with Crippen molar-refractivity contribution in [2.45, 2.75) is 84.1 Å². The van der Waals surface area contributed by atoms with E-state index >= 15 is 0 Å². The van der Waals surface area contributed by atoms with Gasteiger partial charge >= 0.3 is 7.60 Å². The standard InChI is InChI=1S/C26H38ClN4O3P/c1-5-33-35(32,34-6-2)23(20-7-9-21(27)10-8-20)31-15-22(29-30-31)14-28-26-13-19-11-24(3,17-26)16-25(4,12-19)18-26/h7-10,15,19,23,28H,5-6,11-14,16-18H2,1-4H3. The van der Waals surface area contributed by atoms with Crippen LogP contribution in [0.2, 0.25) is 5.02 Å². The van der Waals surface area contributed by atoms with Crippen LogP contribution in [0.3, 0.4) is 0 Å². The molecule has 4 aliphatic rings. The van der Waals surface area contributed by atoms with Crippen molar-refractivity contribution in [1.29, 1.82) is 0 Å². The maximum absolute atomic E-state index is 13.9. The Balaban J connectivity index is 1.39. The normalized spacial score (nSPS) is 32.8. The molecule has 0 amide bonds. The first kappa shape index (κ1) is 25.4. The van der Waals surface area contributed by atoms with E-state index in [9.17, 15) is 4.57 Å². The molecule has 1 N–H and O–H groups in total. The molecule has 0 radical (unpaired) electrons. The van der Waals surface area contributed by atoms with Gasteiger partial charge in [-0.15, -0.1) is 5.10 Å². The summed E-state index contributed by atoms with van der Waals surface area (Å²) in [6.45, 7) is 9.77. The first-order valence-corrected chi connectivity index (χ1v) is 14.9. The molecule has 0 spiro atoms. The molecule has 4 fully saturated rings. The molecule has 1 aromatic heterocycles. The van der Waals surface area contributed by atoms with Crippen LogP contribution in [0, 0.1) is 16.7 Å². The molecular weight excluding hydrogens is 483 g/mol. The third-order valence-corrected chi connectivity index (χ3v) is 10.8. The van der Waals surface area contributed by atoms with Crippen molar-refractivity contribution in [3.8, 4) is 0 Å². The van der Waals surface area contributed by atoms with Gasteiger partial charge in [-0.2, -0.15) is 0 Å². The van der Waals surface area contributed by atoms with Gasteiger partial charge in [-0.25, -0.2) is 4.68 Å². The minimum absolute atomic E-state index is 0.175. The molecule has 1 aromatic carbocycles. The topological polar surface area (TPSA) is 78.3 Å². The van der Waals surface area contributed by atoms with Crippen LogP contribution >= 0.6 is 19.2 Å². The van der Waals surface area contributed by atoms with Crippen molar-refractivity contribution in [1.82, 2.24) is 20.3 Å². The minimum Gasteiger partial charge on any atom is -0.307 e. The van der Waals surface area contributed by atoms with Crippen LogP contribution < -0.4 is 5.32 Å². The Hall–Kier alpha value is -1.24. The average molecular weight is 521 g/mol. The van der Waals surface area contributed by atoms with Gasteiger partial charge in [-0.05, 0) is 86.8 Å². The molecule has 0 aliphatic heterocycles. The number of nitrogens with zero attached hydrogens (tertiary/aromatic N) is 3. The van der Waals surface area contributed by atoms with Gasteiger partial charge in [0.2, 0.25) is 0 Å². The van der Waals surface area contributed by atoms with Crippen LogP contribution in [0.25, 0.3) is 0 Å². The van der Waals surface area contributed by atoms with E-state index in [1.807, 2.05) is 32.2 Å². The summed E-state index contributed by atoms with van der Waals surface area (Å²) in [6.07, 6.45) is 9.69. The summed E-state index contributed by atoms with van der Waals surface area (Å²) in [6, 6.07) is 7.24. The lowest BCUT2D eigenvalue weighted by molar-refractivity contribution is -0.118. The molecule has 9 heteroatoms. The van der Waals surface area contributed by atoms with Gasteiger partial charge in [0.15, 0.2) is 5.78 Å². The molecule has 2 aromatic rings. The van der Waals surface area contributed by atoms with Crippen LogP contribution in [-0.4, -0.2) is 33.7 Å². The third-order valence-electron chi connectivity index (χ3n) is 8.16. The van der Waals surface area contributed by atoms with Crippen molar-refractivity contribution in [3.05, 3.63) is 46.7 Å². The SMILES string of the molecule is CCOP(=O)(OCC)C(c1ccc(Cl)cc1)n1cc(CNC23CC4CC(C)(CC(C)(C4)C2)C3)nn1. The van der Waals surface area contributed by atoms with Gasteiger partial charge in [0.25, 0.3) is 0 Å². The second-order valence-electron chi connectivity index (χ2n) is 11.8. The lowest BCUT2D eigenvalue weighted by atomic mass is 9.43. The monoisotopic (exact) mass is 520 g/mol. The summed E-state index contributed by atoms with van der Waals surface area (Å²) >= 11 is 6.12. The van der Waals surface area contributed by atoms with E-state index in [-0.39, 0.29) is 18.8 Å². The highest BCUT2D eigenvalue weighted by atomic mass is 35.5. The van der Waals surface area contributed by atoms with Gasteiger partial charge in [0, 0.05) is 17.1 Å². The van der Waals surface area contributed by atoms with Gasteiger partial charge in [-0.3, -0.25) is 4.57 Å². The predicted molar refractivity (Wildman–Crippen MR) is 137 cm³/mol. The van der Waals surface area contributed by atoms with Crippen LogP contribution in [0.15, 0.2) is 30.5 Å². The number of rotatable bonds is 10. The highest BCUT2D eigenvalue weighted by Crippen LogP contribution is 2.66. The number of halogens is 1. The van der Waals surface area contributed by atoms with Crippen LogP contribution in [-0.2, 0) is 20.2 Å². The van der Waals surface area contributed by atoms with E-state index in [2.05, 4.69) is 29.5 Å². The third kappa shape index (κ3) is 5.00. The summed E-state index contributed by atoms with van der Waals surface area (Å²) in [5, 5.41) is 13.4. The molecule has 4 aliphatic carbocycles. The zero-order valence-electron chi connectivity index (χ0n) is 21.3. The number of hydrogen-bond donors (Lipinski definition) is 1. The van der Waals surface area contributed by atoms with Crippen LogP contribution in [0.5, 0.6) is 0 Å². The lowest BCUT2D eigenvalue weighted by Crippen LogP contribution is -2.63. The molecule has 4 bridgehead atoms. The van der Waals surface area contributed by atoms with Crippen LogP contribution in [0.4, 0.5) is 0 Å². The summed E-state index contributed by atoms with van der Waals surface area (Å²) in [7, 11) is -3.56. The predicted octanol–water partition coefficient (Wildman–Crippen LogP) is 6.58. The molecule has 192 valence electrons. The Bertz CT molecular complexity index is 1080. The van der Waals surface area contributed by atoms with E-state index in [4.69, 9.17) is 20.6 Å². The first-order chi connectivity index (χ1) is 16.6. The van der Waals surface area contributed by atoms with Crippen LogP contribution in [0.1, 0.15) is 83.3 Å². The second kappa shape index (κ2) is 9.25. The number of aromatic nitrogens is 3. The van der Waals surface area contributed by atoms with E-state index in [1.165, 1.54) is 38.5 Å². The van der Waals surface area contributed by atoms with Gasteiger partial charge < -0.3 is 14.4 Å². The van der Waals surface area contributed by atoms with E-state index in [0.717, 1.165) is 17.2 Å². The molecule has 1 heterocycles. The molecule has 3 unspecified atom stereocenters. The molecular formula is C26H38ClN4O3P. The maximum Gasteiger partial charge on any atom is 0.359 e. The van der Waals surface area contributed by atoms with Crippen molar-refractivity contribution in [2.75, 3.05) is 13.2 Å². The van der Waals surface area contributed by atoms with E-state index in [1.54, 1.807) is 16.8 Å². The molecule has 4 saturated carbocycles. The molecule has 3 atom stereocenters. The molecule has 0 saturated heterocycles. The van der Waals surface area contributed by atoms with Gasteiger partial charge in [0.05, 0.1) is 25.1 Å². The second-order valence-corrected chi connectivity index (χ2v) is 14.3. The number of hydrogen-bond acceptors (Lipinski definition) is 6. The molecule has 35 heavy (non-hydrogen) atoms. The summed E-state index contributed by atoms with van der Waals surface area (Å²) in [4.78, 5) is 0. The fourth-order valence-electron chi connectivity index (χ4n) is 8.09. The zero-order valence-corrected chi connectivity index (χ0v) is 22.9. The molecule has 7 nitrogen and oxygen atoms in total. The summed E-state index contributed by atoms with van der Waals surface area (Å²) in [5.41, 5.74) is 2.65. The first-order valence-electron chi connectivity index (χ1n) is 12.9. The Kier molecular flexibility index (Phi) is 6.72. The fourth-order valence-corrected chi connectivity index (χ4v) is 10.2. The highest BCUT2D eigenvalue weighted by molar-refractivity contribution is 7.54. The van der Waals surface area contributed by atoms with Crippen molar-refractivity contribution >= 4 is 19.2 Å². The minimum atomic E-state index is -3.56. The summed E-state index contributed by atoms with van der Waals surface area (Å²) in [5.74, 6) is 0.0836. The van der Waals surface area contributed by atoms with E-state index < -0.39 is 13.4 Å². The summed E-state index contributed by atoms with van der Waals surface area (Å²) < 4.78 is 27.0. The van der Waals surface area contributed by atoms with Gasteiger partial charge in [0.1, 0.15) is 0 Å². The highest BCUT2D eigenvalue weighted by Gasteiger charge is 2.59. The smallest absolute Gasteiger partial charge is 0.307 e. The lowest BCUT2D eigenvalue weighted by Gasteiger charge is -2.65. The largest absolute Gasteiger partial charge is 0.359 e. The zero-order chi connectivity index (χ0) is 24.9. The van der Waals surface area contributed by atoms with Crippen molar-refractivity contribution in [2.24, 2.45) is 16.7 Å². The Morgan fingerprint density at radius 3 is 2.29 bits per heavy atom. The van der Waals surface area contributed by atoms with Crippen molar-refractivity contribution in [3.63, 3.8) is 0 Å². The number of benzene rings is 1. The fraction of sp³-hybridized carbons (Fsp3) is 0.692.